The molecule has 1 aliphatic carbocycles. The SMILES string of the molecule is Cc1ccc(NC(=O)C2CC2)cc1NC(=O)C1=CN(c2c(C)cccc2F)CC=C1. The number of aryl methyl sites for hydroxylation is 2. The zero-order chi connectivity index (χ0) is 21.3. The normalized spacial score (nSPS) is 15.6. The standard InChI is InChI=1S/C24H24FN3O2/c1-15-8-11-19(26-23(29)17-9-10-17)13-21(15)27-24(30)18-6-4-12-28(14-18)22-16(2)5-3-7-20(22)25/h3-8,11,13-14,17H,9-10,12H2,1-2H3,(H,26,29)(H,27,30). The van der Waals surface area contributed by atoms with E-state index in [1.165, 1.54) is 6.07 Å². The van der Waals surface area contributed by atoms with Crippen molar-refractivity contribution in [2.75, 3.05) is 22.1 Å². The van der Waals surface area contributed by atoms with Crippen molar-refractivity contribution in [2.45, 2.75) is 26.7 Å². The van der Waals surface area contributed by atoms with E-state index >= 15 is 0 Å². The minimum atomic E-state index is -0.323. The van der Waals surface area contributed by atoms with Gasteiger partial charge in [-0.25, -0.2) is 4.39 Å². The van der Waals surface area contributed by atoms with Crippen LogP contribution in [0.25, 0.3) is 0 Å². The summed E-state index contributed by atoms with van der Waals surface area (Å²) in [6, 6.07) is 10.4. The molecule has 0 spiro atoms. The first-order chi connectivity index (χ1) is 14.4. The van der Waals surface area contributed by atoms with Crippen LogP contribution in [0.15, 0.2) is 60.3 Å². The van der Waals surface area contributed by atoms with Gasteiger partial charge in [0.1, 0.15) is 5.82 Å². The molecule has 1 fully saturated rings. The van der Waals surface area contributed by atoms with E-state index in [-0.39, 0.29) is 23.5 Å². The maximum absolute atomic E-state index is 14.3. The Morgan fingerprint density at radius 1 is 1.07 bits per heavy atom. The summed E-state index contributed by atoms with van der Waals surface area (Å²) in [4.78, 5) is 26.6. The third kappa shape index (κ3) is 4.27. The lowest BCUT2D eigenvalue weighted by Gasteiger charge is -2.25. The number of nitrogens with zero attached hydrogens (tertiary/aromatic N) is 1. The Hall–Kier alpha value is -3.41. The molecule has 154 valence electrons. The predicted octanol–water partition coefficient (Wildman–Crippen LogP) is 4.69. The van der Waals surface area contributed by atoms with E-state index in [2.05, 4.69) is 10.6 Å². The Balaban J connectivity index is 1.52. The molecule has 0 saturated heterocycles. The number of hydrogen-bond acceptors (Lipinski definition) is 3. The Kier molecular flexibility index (Phi) is 5.40. The second-order valence-corrected chi connectivity index (χ2v) is 7.79. The van der Waals surface area contributed by atoms with Crippen molar-refractivity contribution in [3.8, 4) is 0 Å². The van der Waals surface area contributed by atoms with Gasteiger partial charge in [-0.1, -0.05) is 30.4 Å². The average Bonchev–Trinajstić information content (AvgIpc) is 3.56. The van der Waals surface area contributed by atoms with E-state index in [0.717, 1.165) is 24.0 Å². The van der Waals surface area contributed by atoms with Gasteiger partial charge in [-0.2, -0.15) is 0 Å². The first kappa shape index (κ1) is 19.9. The number of para-hydroxylation sites is 1. The summed E-state index contributed by atoms with van der Waals surface area (Å²) in [5, 5.41) is 5.81. The highest BCUT2D eigenvalue weighted by Crippen LogP contribution is 2.31. The number of carbonyl (C=O) groups is 2. The summed E-state index contributed by atoms with van der Waals surface area (Å²) in [6.45, 7) is 4.22. The summed E-state index contributed by atoms with van der Waals surface area (Å²) >= 11 is 0. The van der Waals surface area contributed by atoms with Gasteiger partial charge in [0.15, 0.2) is 0 Å². The second kappa shape index (κ2) is 8.14. The molecule has 0 atom stereocenters. The van der Waals surface area contributed by atoms with Crippen molar-refractivity contribution in [1.29, 1.82) is 0 Å². The van der Waals surface area contributed by atoms with E-state index in [0.29, 0.717) is 29.2 Å². The average molecular weight is 405 g/mol. The predicted molar refractivity (Wildman–Crippen MR) is 117 cm³/mol. The van der Waals surface area contributed by atoms with Crippen molar-refractivity contribution >= 4 is 28.9 Å². The highest BCUT2D eigenvalue weighted by molar-refractivity contribution is 6.07. The van der Waals surface area contributed by atoms with Crippen LogP contribution in [0, 0.1) is 25.6 Å². The molecule has 0 radical (unpaired) electrons. The Morgan fingerprint density at radius 3 is 2.60 bits per heavy atom. The first-order valence-corrected chi connectivity index (χ1v) is 10.1. The quantitative estimate of drug-likeness (QED) is 0.759. The fourth-order valence-corrected chi connectivity index (χ4v) is 3.45. The van der Waals surface area contributed by atoms with Crippen molar-refractivity contribution in [3.63, 3.8) is 0 Å². The Bertz CT molecular complexity index is 1050. The van der Waals surface area contributed by atoms with Gasteiger partial charge in [0, 0.05) is 30.0 Å². The molecule has 0 aromatic heterocycles. The minimum Gasteiger partial charge on any atom is -0.341 e. The molecule has 2 aromatic rings. The van der Waals surface area contributed by atoms with Gasteiger partial charge in [-0.15, -0.1) is 0 Å². The third-order valence-corrected chi connectivity index (χ3v) is 5.33. The number of anilines is 3. The topological polar surface area (TPSA) is 61.4 Å². The number of carbonyl (C=O) groups excluding carboxylic acids is 2. The molecule has 1 saturated carbocycles. The molecule has 2 aromatic carbocycles. The zero-order valence-electron chi connectivity index (χ0n) is 17.0. The van der Waals surface area contributed by atoms with Crippen LogP contribution in [0.1, 0.15) is 24.0 Å². The lowest BCUT2D eigenvalue weighted by Crippen LogP contribution is -2.25. The van der Waals surface area contributed by atoms with E-state index in [1.807, 2.05) is 38.1 Å². The zero-order valence-corrected chi connectivity index (χ0v) is 17.0. The Labute approximate surface area is 175 Å². The van der Waals surface area contributed by atoms with Gasteiger partial charge in [0.05, 0.1) is 11.3 Å². The molecule has 2 N–H and O–H groups in total. The monoisotopic (exact) mass is 405 g/mol. The van der Waals surface area contributed by atoms with Gasteiger partial charge in [-0.05, 0) is 56.0 Å². The molecule has 6 heteroatoms. The van der Waals surface area contributed by atoms with Crippen LogP contribution in [0.2, 0.25) is 0 Å². The highest BCUT2D eigenvalue weighted by atomic mass is 19.1. The molecule has 30 heavy (non-hydrogen) atoms. The molecule has 0 unspecified atom stereocenters. The second-order valence-electron chi connectivity index (χ2n) is 7.79. The number of rotatable bonds is 5. The van der Waals surface area contributed by atoms with Crippen molar-refractivity contribution in [2.24, 2.45) is 5.92 Å². The molecule has 5 nitrogen and oxygen atoms in total. The largest absolute Gasteiger partial charge is 0.341 e. The fraction of sp³-hybridized carbons (Fsp3) is 0.250. The van der Waals surface area contributed by atoms with Crippen molar-refractivity contribution in [1.82, 2.24) is 0 Å². The van der Waals surface area contributed by atoms with Crippen LogP contribution >= 0.6 is 0 Å². The van der Waals surface area contributed by atoms with E-state index in [1.54, 1.807) is 29.3 Å². The highest BCUT2D eigenvalue weighted by Gasteiger charge is 2.29. The van der Waals surface area contributed by atoms with Crippen LogP contribution in [0.4, 0.5) is 21.5 Å². The summed E-state index contributed by atoms with van der Waals surface area (Å²) in [6.07, 6.45) is 7.09. The van der Waals surface area contributed by atoms with Crippen LogP contribution in [-0.2, 0) is 9.59 Å². The molecule has 0 bridgehead atoms. The molecule has 2 aliphatic rings. The lowest BCUT2D eigenvalue weighted by molar-refractivity contribution is -0.117. The van der Waals surface area contributed by atoms with Crippen molar-refractivity contribution < 1.29 is 14.0 Å². The van der Waals surface area contributed by atoms with Gasteiger partial charge >= 0.3 is 0 Å². The van der Waals surface area contributed by atoms with Gasteiger partial charge in [0.25, 0.3) is 5.91 Å². The molecule has 1 aliphatic heterocycles. The van der Waals surface area contributed by atoms with Crippen LogP contribution in [0.3, 0.4) is 0 Å². The number of nitrogens with one attached hydrogen (secondary N) is 2. The van der Waals surface area contributed by atoms with Gasteiger partial charge < -0.3 is 15.5 Å². The maximum atomic E-state index is 14.3. The Morgan fingerprint density at radius 2 is 1.87 bits per heavy atom. The van der Waals surface area contributed by atoms with Gasteiger partial charge in [0.2, 0.25) is 5.91 Å². The van der Waals surface area contributed by atoms with Crippen molar-refractivity contribution in [3.05, 3.63) is 77.3 Å². The van der Waals surface area contributed by atoms with E-state index < -0.39 is 0 Å². The molecule has 4 rings (SSSR count). The van der Waals surface area contributed by atoms with Crippen LogP contribution in [-0.4, -0.2) is 18.4 Å². The van der Waals surface area contributed by atoms with E-state index in [4.69, 9.17) is 0 Å². The summed E-state index contributed by atoms with van der Waals surface area (Å²) < 4.78 is 14.3. The fourth-order valence-electron chi connectivity index (χ4n) is 3.45. The minimum absolute atomic E-state index is 0.0185. The molecular weight excluding hydrogens is 381 g/mol. The number of amides is 2. The third-order valence-electron chi connectivity index (χ3n) is 5.33. The lowest BCUT2D eigenvalue weighted by atomic mass is 10.1. The molecule has 1 heterocycles. The number of benzene rings is 2. The smallest absolute Gasteiger partial charge is 0.257 e. The summed E-state index contributed by atoms with van der Waals surface area (Å²) in [5.41, 5.74) is 3.86. The maximum Gasteiger partial charge on any atom is 0.257 e. The van der Waals surface area contributed by atoms with Crippen LogP contribution in [0.5, 0.6) is 0 Å². The summed E-state index contributed by atoms with van der Waals surface area (Å²) in [5.74, 6) is -0.491. The van der Waals surface area contributed by atoms with Gasteiger partial charge in [-0.3, -0.25) is 9.59 Å². The number of hydrogen-bond donors (Lipinski definition) is 2. The molecule has 2 amide bonds. The molecular formula is C24H24FN3O2. The van der Waals surface area contributed by atoms with E-state index in [9.17, 15) is 14.0 Å². The summed E-state index contributed by atoms with van der Waals surface area (Å²) in [7, 11) is 0. The number of halogens is 1. The first-order valence-electron chi connectivity index (χ1n) is 10.1. The van der Waals surface area contributed by atoms with Crippen LogP contribution < -0.4 is 15.5 Å².